The van der Waals surface area contributed by atoms with Crippen LogP contribution in [-0.2, 0) is 32.6 Å². The lowest BCUT2D eigenvalue weighted by atomic mass is 10.0. The van der Waals surface area contributed by atoms with Crippen LogP contribution in [0.4, 0.5) is 5.69 Å². The minimum Gasteiger partial charge on any atom is -0.354 e. The summed E-state index contributed by atoms with van der Waals surface area (Å²) in [6.07, 6.45) is 0.274. The zero-order chi connectivity index (χ0) is 33.4. The van der Waals surface area contributed by atoms with Crippen molar-refractivity contribution in [2.75, 3.05) is 17.4 Å². The first kappa shape index (κ1) is 34.4. The van der Waals surface area contributed by atoms with E-state index in [-0.39, 0.29) is 29.7 Å². The van der Waals surface area contributed by atoms with Crippen molar-refractivity contribution in [1.82, 2.24) is 10.2 Å². The number of nitrogens with one attached hydrogen (secondary N) is 1. The number of anilines is 1. The van der Waals surface area contributed by atoms with E-state index in [0.29, 0.717) is 12.2 Å². The van der Waals surface area contributed by atoms with Gasteiger partial charge < -0.3 is 10.2 Å². The minimum atomic E-state index is -4.15. The van der Waals surface area contributed by atoms with Crippen LogP contribution in [0.15, 0.2) is 102 Å². The largest absolute Gasteiger partial charge is 0.354 e. The number of aryl methyl sites for hydroxylation is 4. The Hall–Kier alpha value is -4.43. The van der Waals surface area contributed by atoms with Gasteiger partial charge in [0.25, 0.3) is 10.0 Å². The van der Waals surface area contributed by atoms with Crippen LogP contribution in [0.3, 0.4) is 0 Å². The molecule has 0 saturated heterocycles. The molecule has 2 amide bonds. The molecule has 0 heterocycles. The summed E-state index contributed by atoms with van der Waals surface area (Å²) in [5.41, 5.74) is 5.87. The van der Waals surface area contributed by atoms with Crippen LogP contribution in [0.5, 0.6) is 0 Å². The van der Waals surface area contributed by atoms with Gasteiger partial charge in [0, 0.05) is 19.5 Å². The Morgan fingerprint density at radius 2 is 1.28 bits per heavy atom. The summed E-state index contributed by atoms with van der Waals surface area (Å²) >= 11 is 0. The maximum Gasteiger partial charge on any atom is 0.264 e. The number of hydrogen-bond acceptors (Lipinski definition) is 4. The molecule has 0 aromatic heterocycles. The van der Waals surface area contributed by atoms with E-state index in [9.17, 15) is 18.0 Å². The number of nitrogens with zero attached hydrogens (tertiary/aromatic N) is 2. The molecule has 4 aromatic rings. The van der Waals surface area contributed by atoms with Crippen LogP contribution in [-0.4, -0.2) is 44.3 Å². The number of carbonyl (C=O) groups excluding carboxylic acids is 2. The lowest BCUT2D eigenvalue weighted by molar-refractivity contribution is -0.140. The lowest BCUT2D eigenvalue weighted by Crippen LogP contribution is -2.53. The molecule has 7 nitrogen and oxygen atoms in total. The van der Waals surface area contributed by atoms with Gasteiger partial charge in [0.1, 0.15) is 12.6 Å². The highest BCUT2D eigenvalue weighted by molar-refractivity contribution is 7.92. The van der Waals surface area contributed by atoms with Crippen molar-refractivity contribution in [3.63, 3.8) is 0 Å². The topological polar surface area (TPSA) is 86.8 Å². The normalized spacial score (nSPS) is 12.1. The standard InChI is InChI=1S/C38H45N3O4S/c1-27(2)24-39-38(43)36(23-32-10-8-7-9-11-32)40(25-33-16-12-28(3)13-17-33)37(42)26-41(34-21-30(5)20-31(6)22-34)46(44,45)35-18-14-29(4)15-19-35/h7-22,27,36H,23-26H2,1-6H3,(H,39,43)/t36-/m0/s1. The molecule has 1 N–H and O–H groups in total. The molecule has 0 saturated carbocycles. The maximum absolute atomic E-state index is 14.6. The van der Waals surface area contributed by atoms with Gasteiger partial charge >= 0.3 is 0 Å². The molecule has 8 heteroatoms. The molecule has 0 aliphatic carbocycles. The fourth-order valence-electron chi connectivity index (χ4n) is 5.33. The monoisotopic (exact) mass is 639 g/mol. The molecule has 0 unspecified atom stereocenters. The van der Waals surface area contributed by atoms with Crippen molar-refractivity contribution in [2.45, 2.75) is 65.4 Å². The van der Waals surface area contributed by atoms with Crippen molar-refractivity contribution in [3.8, 4) is 0 Å². The molecule has 242 valence electrons. The molecule has 0 fully saturated rings. The fraction of sp³-hybridized carbons (Fsp3) is 0.316. The predicted molar refractivity (Wildman–Crippen MR) is 185 cm³/mol. The highest BCUT2D eigenvalue weighted by atomic mass is 32.2. The molecule has 0 aliphatic heterocycles. The van der Waals surface area contributed by atoms with Crippen molar-refractivity contribution in [2.24, 2.45) is 5.92 Å². The van der Waals surface area contributed by atoms with Crippen LogP contribution < -0.4 is 9.62 Å². The van der Waals surface area contributed by atoms with Crippen LogP contribution in [0.25, 0.3) is 0 Å². The van der Waals surface area contributed by atoms with Crippen LogP contribution >= 0.6 is 0 Å². The Labute approximate surface area is 274 Å². The van der Waals surface area contributed by atoms with Crippen LogP contribution in [0.1, 0.15) is 47.2 Å². The molecule has 0 bridgehead atoms. The molecule has 0 spiro atoms. The van der Waals surface area contributed by atoms with Crippen molar-refractivity contribution in [3.05, 3.63) is 130 Å². The summed E-state index contributed by atoms with van der Waals surface area (Å²) in [6.45, 7) is 11.8. The molecule has 0 aliphatic rings. The first-order valence-corrected chi connectivity index (χ1v) is 17.1. The van der Waals surface area contributed by atoms with Gasteiger partial charge in [-0.25, -0.2) is 8.42 Å². The highest BCUT2D eigenvalue weighted by Crippen LogP contribution is 2.27. The second-order valence-corrected chi connectivity index (χ2v) is 14.4. The lowest BCUT2D eigenvalue weighted by Gasteiger charge is -2.34. The maximum atomic E-state index is 14.6. The van der Waals surface area contributed by atoms with Crippen molar-refractivity contribution < 1.29 is 18.0 Å². The zero-order valence-corrected chi connectivity index (χ0v) is 28.5. The van der Waals surface area contributed by atoms with Crippen molar-refractivity contribution in [1.29, 1.82) is 0 Å². The van der Waals surface area contributed by atoms with E-state index in [0.717, 1.165) is 33.4 Å². The Bertz CT molecular complexity index is 1720. The van der Waals surface area contributed by atoms with E-state index in [4.69, 9.17) is 0 Å². The molecule has 1 atom stereocenters. The first-order chi connectivity index (χ1) is 21.8. The van der Waals surface area contributed by atoms with E-state index in [1.165, 1.54) is 9.21 Å². The summed E-state index contributed by atoms with van der Waals surface area (Å²) in [5, 5.41) is 3.03. The molecule has 4 rings (SSSR count). The summed E-state index contributed by atoms with van der Waals surface area (Å²) in [7, 11) is -4.15. The number of hydrogen-bond donors (Lipinski definition) is 1. The van der Waals surface area contributed by atoms with Gasteiger partial charge in [0.05, 0.1) is 10.6 Å². The summed E-state index contributed by atoms with van der Waals surface area (Å²) in [6, 6.07) is 28.6. The van der Waals surface area contributed by atoms with E-state index in [2.05, 4.69) is 5.32 Å². The first-order valence-electron chi connectivity index (χ1n) is 15.7. The Morgan fingerprint density at radius 1 is 0.717 bits per heavy atom. The molecule has 0 radical (unpaired) electrons. The minimum absolute atomic E-state index is 0.0886. The Balaban J connectivity index is 1.82. The molecule has 4 aromatic carbocycles. The summed E-state index contributed by atoms with van der Waals surface area (Å²) < 4.78 is 29.7. The second kappa shape index (κ2) is 15.2. The van der Waals surface area contributed by atoms with Crippen molar-refractivity contribution >= 4 is 27.5 Å². The van der Waals surface area contributed by atoms with E-state index >= 15 is 0 Å². The van der Waals surface area contributed by atoms with Crippen LogP contribution in [0, 0.1) is 33.6 Å². The summed E-state index contributed by atoms with van der Waals surface area (Å²) in [5.74, 6) is -0.546. The Kier molecular flexibility index (Phi) is 11.4. The zero-order valence-electron chi connectivity index (χ0n) is 27.7. The molecular weight excluding hydrogens is 595 g/mol. The van der Waals surface area contributed by atoms with Gasteiger partial charge in [-0.15, -0.1) is 0 Å². The number of benzene rings is 4. The van der Waals surface area contributed by atoms with Gasteiger partial charge in [0.2, 0.25) is 11.8 Å². The number of sulfonamides is 1. The van der Waals surface area contributed by atoms with E-state index in [1.807, 2.05) is 102 Å². The predicted octanol–water partition coefficient (Wildman–Crippen LogP) is 6.53. The SMILES string of the molecule is Cc1ccc(CN(C(=O)CN(c2cc(C)cc(C)c2)S(=O)(=O)c2ccc(C)cc2)[C@@H](Cc2ccccc2)C(=O)NCC(C)C)cc1. The number of rotatable bonds is 13. The quantitative estimate of drug-likeness (QED) is 0.180. The number of carbonyl (C=O) groups is 2. The van der Waals surface area contributed by atoms with E-state index in [1.54, 1.807) is 36.4 Å². The Morgan fingerprint density at radius 3 is 1.85 bits per heavy atom. The molecule has 46 heavy (non-hydrogen) atoms. The highest BCUT2D eigenvalue weighted by Gasteiger charge is 2.34. The smallest absolute Gasteiger partial charge is 0.264 e. The summed E-state index contributed by atoms with van der Waals surface area (Å²) in [4.78, 5) is 30.1. The molecular formula is C38H45N3O4S. The van der Waals surface area contributed by atoms with Gasteiger partial charge in [-0.3, -0.25) is 13.9 Å². The third-order valence-electron chi connectivity index (χ3n) is 7.81. The average Bonchev–Trinajstić information content (AvgIpc) is 3.01. The third-order valence-corrected chi connectivity index (χ3v) is 9.60. The fourth-order valence-corrected chi connectivity index (χ4v) is 6.73. The average molecular weight is 640 g/mol. The second-order valence-electron chi connectivity index (χ2n) is 12.5. The van der Waals surface area contributed by atoms with Gasteiger partial charge in [0.15, 0.2) is 0 Å². The third kappa shape index (κ3) is 9.07. The van der Waals surface area contributed by atoms with Gasteiger partial charge in [-0.1, -0.05) is 97.8 Å². The van der Waals surface area contributed by atoms with Gasteiger partial charge in [-0.05, 0) is 80.1 Å². The number of amides is 2. The van der Waals surface area contributed by atoms with Crippen LogP contribution in [0.2, 0.25) is 0 Å². The van der Waals surface area contributed by atoms with E-state index < -0.39 is 28.5 Å². The van der Waals surface area contributed by atoms with Gasteiger partial charge in [-0.2, -0.15) is 0 Å².